The zero-order valence-electron chi connectivity index (χ0n) is 15.0. The van der Waals surface area contributed by atoms with Gasteiger partial charge in [-0.05, 0) is 11.6 Å². The second-order valence-corrected chi connectivity index (χ2v) is 6.24. The summed E-state index contributed by atoms with van der Waals surface area (Å²) < 4.78 is 1.94. The summed E-state index contributed by atoms with van der Waals surface area (Å²) in [5.74, 6) is 0. The molecule has 134 valence electrons. The van der Waals surface area contributed by atoms with Gasteiger partial charge in [0.15, 0.2) is 0 Å². The molecule has 3 aromatic heterocycles. The summed E-state index contributed by atoms with van der Waals surface area (Å²) in [6.45, 7) is 0.736. The number of nitrogens with two attached hydrogens (primary N) is 1. The van der Waals surface area contributed by atoms with Crippen LogP contribution in [0.2, 0.25) is 0 Å². The van der Waals surface area contributed by atoms with Gasteiger partial charge in [0.1, 0.15) is 5.65 Å². The number of allylic oxidation sites excluding steroid dienone is 1. The molecule has 1 aromatic carbocycles. The molecular weight excluding hydrogens is 336 g/mol. The van der Waals surface area contributed by atoms with Gasteiger partial charge in [0.2, 0.25) is 0 Å². The number of fused-ring (bicyclic) bond motifs is 1. The number of aromatic nitrogens is 4. The Morgan fingerprint density at radius 2 is 2.11 bits per heavy atom. The molecule has 0 aliphatic carbocycles. The van der Waals surface area contributed by atoms with Gasteiger partial charge in [-0.1, -0.05) is 30.3 Å². The van der Waals surface area contributed by atoms with E-state index in [4.69, 9.17) is 5.73 Å². The molecule has 0 atom stereocenters. The first-order chi connectivity index (χ1) is 13.3. The molecule has 3 N–H and O–H groups in total. The summed E-state index contributed by atoms with van der Waals surface area (Å²) in [7, 11) is 1.72. The second-order valence-electron chi connectivity index (χ2n) is 6.24. The predicted molar refractivity (Wildman–Crippen MR) is 109 cm³/mol. The highest BCUT2D eigenvalue weighted by Gasteiger charge is 2.11. The van der Waals surface area contributed by atoms with Crippen LogP contribution in [-0.4, -0.2) is 33.0 Å². The highest BCUT2D eigenvalue weighted by atomic mass is 15.3. The lowest BCUT2D eigenvalue weighted by Gasteiger charge is -2.02. The number of hydrogen-bond acceptors (Lipinski definition) is 4. The summed E-state index contributed by atoms with van der Waals surface area (Å²) in [5.41, 5.74) is 11.6. The lowest BCUT2D eigenvalue weighted by Crippen LogP contribution is -1.99. The van der Waals surface area contributed by atoms with E-state index in [0.29, 0.717) is 0 Å². The molecule has 3 heterocycles. The molecule has 4 rings (SSSR count). The first kappa shape index (κ1) is 16.8. The van der Waals surface area contributed by atoms with Gasteiger partial charge in [-0.2, -0.15) is 5.10 Å². The fourth-order valence-electron chi connectivity index (χ4n) is 3.11. The fourth-order valence-corrected chi connectivity index (χ4v) is 3.11. The molecule has 0 saturated carbocycles. The van der Waals surface area contributed by atoms with Crippen LogP contribution in [0.1, 0.15) is 11.1 Å². The van der Waals surface area contributed by atoms with E-state index < -0.39 is 0 Å². The van der Waals surface area contributed by atoms with Crippen LogP contribution in [-0.2, 0) is 6.54 Å². The molecule has 6 nitrogen and oxygen atoms in total. The average Bonchev–Trinajstić information content (AvgIpc) is 3.33. The molecule has 0 saturated heterocycles. The minimum Gasteiger partial charge on any atom is -0.404 e. The minimum atomic E-state index is 0.736. The third-order valence-corrected chi connectivity index (χ3v) is 4.44. The zero-order chi connectivity index (χ0) is 18.6. The van der Waals surface area contributed by atoms with Crippen molar-refractivity contribution >= 4 is 22.8 Å². The van der Waals surface area contributed by atoms with Crippen molar-refractivity contribution in [2.45, 2.75) is 6.54 Å². The van der Waals surface area contributed by atoms with Crippen molar-refractivity contribution in [2.75, 3.05) is 7.05 Å². The van der Waals surface area contributed by atoms with Gasteiger partial charge < -0.3 is 10.7 Å². The number of benzene rings is 1. The van der Waals surface area contributed by atoms with Crippen LogP contribution in [0.4, 0.5) is 0 Å². The van der Waals surface area contributed by atoms with Crippen molar-refractivity contribution in [3.05, 3.63) is 78.5 Å². The Morgan fingerprint density at radius 1 is 1.26 bits per heavy atom. The van der Waals surface area contributed by atoms with E-state index in [-0.39, 0.29) is 0 Å². The Bertz CT molecular complexity index is 1120. The number of nitrogens with zero attached hydrogens (tertiary/aromatic N) is 4. The Morgan fingerprint density at radius 3 is 2.89 bits per heavy atom. The topological polar surface area (TPSA) is 84.9 Å². The summed E-state index contributed by atoms with van der Waals surface area (Å²) in [5, 5.41) is 5.53. The summed E-state index contributed by atoms with van der Waals surface area (Å²) in [4.78, 5) is 11.8. The maximum atomic E-state index is 5.73. The van der Waals surface area contributed by atoms with Gasteiger partial charge in [0.05, 0.1) is 12.7 Å². The quantitative estimate of drug-likeness (QED) is 0.537. The number of nitrogens with one attached hydrogen (secondary N) is 1. The third-order valence-electron chi connectivity index (χ3n) is 4.44. The van der Waals surface area contributed by atoms with E-state index in [2.05, 4.69) is 44.5 Å². The van der Waals surface area contributed by atoms with Gasteiger partial charge in [0, 0.05) is 65.7 Å². The van der Waals surface area contributed by atoms with E-state index in [1.807, 2.05) is 35.3 Å². The molecule has 0 radical (unpaired) electrons. The Hall–Kier alpha value is -3.67. The molecule has 0 unspecified atom stereocenters. The lowest BCUT2D eigenvalue weighted by atomic mass is 10.1. The van der Waals surface area contributed by atoms with Crippen molar-refractivity contribution in [3.8, 4) is 11.1 Å². The minimum absolute atomic E-state index is 0.736. The van der Waals surface area contributed by atoms with E-state index >= 15 is 0 Å². The van der Waals surface area contributed by atoms with Crippen LogP contribution in [0.3, 0.4) is 0 Å². The number of aromatic amines is 1. The summed E-state index contributed by atoms with van der Waals surface area (Å²) in [6.07, 6.45) is 11.0. The predicted octanol–water partition coefficient (Wildman–Crippen LogP) is 3.47. The van der Waals surface area contributed by atoms with E-state index in [9.17, 15) is 0 Å². The molecule has 0 fully saturated rings. The number of rotatable bonds is 5. The first-order valence-electron chi connectivity index (χ1n) is 8.67. The monoisotopic (exact) mass is 356 g/mol. The normalized spacial score (nSPS) is 12.3. The van der Waals surface area contributed by atoms with Gasteiger partial charge in [-0.3, -0.25) is 9.67 Å². The average molecular weight is 356 g/mol. The number of H-pyrrole nitrogens is 1. The summed E-state index contributed by atoms with van der Waals surface area (Å²) in [6, 6.07) is 12.4. The van der Waals surface area contributed by atoms with Crippen molar-refractivity contribution in [3.63, 3.8) is 0 Å². The van der Waals surface area contributed by atoms with Crippen molar-refractivity contribution in [1.82, 2.24) is 19.7 Å². The van der Waals surface area contributed by atoms with Gasteiger partial charge >= 0.3 is 0 Å². The molecule has 4 aromatic rings. The molecular formula is C21H20N6. The van der Waals surface area contributed by atoms with Crippen LogP contribution >= 0.6 is 0 Å². The SMILES string of the molecule is CN=C/C(=C\N)c1cnc2[nH]cc(-c3cnn(Cc4ccccc4)c3)c2c1. The first-order valence-corrected chi connectivity index (χ1v) is 8.67. The molecule has 0 bridgehead atoms. The maximum absolute atomic E-state index is 5.73. The van der Waals surface area contributed by atoms with Crippen LogP contribution in [0.5, 0.6) is 0 Å². The highest BCUT2D eigenvalue weighted by molar-refractivity contribution is 6.10. The molecule has 0 spiro atoms. The maximum Gasteiger partial charge on any atom is 0.137 e. The van der Waals surface area contributed by atoms with Crippen molar-refractivity contribution < 1.29 is 0 Å². The zero-order valence-corrected chi connectivity index (χ0v) is 15.0. The largest absolute Gasteiger partial charge is 0.404 e. The third kappa shape index (κ3) is 3.37. The fraction of sp³-hybridized carbons (Fsp3) is 0.0952. The molecule has 6 heteroatoms. The Labute approximate surface area is 157 Å². The molecule has 27 heavy (non-hydrogen) atoms. The van der Waals surface area contributed by atoms with E-state index in [1.54, 1.807) is 25.7 Å². The summed E-state index contributed by atoms with van der Waals surface area (Å²) >= 11 is 0. The Balaban J connectivity index is 1.70. The standard InChI is InChI=1S/C21H20N6/c1-23-9-17(8-22)16-7-19-20(12-25-21(19)24-10-16)18-11-26-27(14-18)13-15-5-3-2-4-6-15/h2-12,14H,13,22H2,1H3,(H,24,25)/b17-8+,23-9?. The lowest BCUT2D eigenvalue weighted by molar-refractivity contribution is 0.687. The van der Waals surface area contributed by atoms with Crippen LogP contribution in [0, 0.1) is 0 Å². The van der Waals surface area contributed by atoms with Crippen molar-refractivity contribution in [2.24, 2.45) is 10.7 Å². The van der Waals surface area contributed by atoms with Crippen LogP contribution in [0.15, 0.2) is 72.4 Å². The molecule has 0 aliphatic rings. The smallest absolute Gasteiger partial charge is 0.137 e. The number of aliphatic imine (C=N–C) groups is 1. The second kappa shape index (κ2) is 7.29. The van der Waals surface area contributed by atoms with Crippen molar-refractivity contribution in [1.29, 1.82) is 0 Å². The van der Waals surface area contributed by atoms with Gasteiger partial charge in [-0.25, -0.2) is 4.98 Å². The van der Waals surface area contributed by atoms with Gasteiger partial charge in [-0.15, -0.1) is 0 Å². The van der Waals surface area contributed by atoms with Crippen LogP contribution in [0.25, 0.3) is 27.7 Å². The Kier molecular flexibility index (Phi) is 4.53. The molecule has 0 aliphatic heterocycles. The van der Waals surface area contributed by atoms with E-state index in [0.717, 1.165) is 39.8 Å². The van der Waals surface area contributed by atoms with Crippen LogP contribution < -0.4 is 5.73 Å². The molecule has 0 amide bonds. The van der Waals surface area contributed by atoms with E-state index in [1.165, 1.54) is 5.56 Å². The number of hydrogen-bond donors (Lipinski definition) is 2. The highest BCUT2D eigenvalue weighted by Crippen LogP contribution is 2.29. The number of pyridine rings is 1. The van der Waals surface area contributed by atoms with Gasteiger partial charge in [0.25, 0.3) is 0 Å².